The summed E-state index contributed by atoms with van der Waals surface area (Å²) in [5.41, 5.74) is 7.99. The smallest absolute Gasteiger partial charge is 0.0471 e. The minimum atomic E-state index is 0.0728. The molecular weight excluding hydrogens is 150 g/mol. The summed E-state index contributed by atoms with van der Waals surface area (Å²) in [7, 11) is 0. The van der Waals surface area contributed by atoms with E-state index < -0.39 is 0 Å². The Balaban J connectivity index is 2.81. The third-order valence-electron chi connectivity index (χ3n) is 1.88. The van der Waals surface area contributed by atoms with Crippen molar-refractivity contribution in [3.8, 4) is 0 Å². The van der Waals surface area contributed by atoms with Crippen LogP contribution in [0.3, 0.4) is 0 Å². The predicted molar refractivity (Wildman–Crippen MR) is 49.8 cm³/mol. The molecule has 2 heteroatoms. The maximum Gasteiger partial charge on any atom is 0.0471 e. The zero-order chi connectivity index (χ0) is 8.97. The van der Waals surface area contributed by atoms with Crippen LogP contribution in [0.1, 0.15) is 24.1 Å². The van der Waals surface area contributed by atoms with Gasteiger partial charge in [-0.3, -0.25) is 0 Å². The molecule has 0 radical (unpaired) electrons. The van der Waals surface area contributed by atoms with E-state index in [-0.39, 0.29) is 12.6 Å². The maximum absolute atomic E-state index is 8.72. The van der Waals surface area contributed by atoms with Crippen LogP contribution in [0.25, 0.3) is 0 Å². The summed E-state index contributed by atoms with van der Waals surface area (Å²) in [6.07, 6.45) is 0.709. The molecular formula is C10H15NO. The molecule has 1 unspecified atom stereocenters. The Morgan fingerprint density at radius 3 is 2.83 bits per heavy atom. The Morgan fingerprint density at radius 1 is 1.50 bits per heavy atom. The van der Waals surface area contributed by atoms with E-state index in [0.29, 0.717) is 6.42 Å². The summed E-state index contributed by atoms with van der Waals surface area (Å²) >= 11 is 0. The molecule has 12 heavy (non-hydrogen) atoms. The number of aliphatic hydroxyl groups is 1. The summed E-state index contributed by atoms with van der Waals surface area (Å²) in [5, 5.41) is 8.72. The van der Waals surface area contributed by atoms with E-state index in [9.17, 15) is 0 Å². The molecule has 1 atom stereocenters. The highest BCUT2D eigenvalue weighted by Gasteiger charge is 1.99. The van der Waals surface area contributed by atoms with Gasteiger partial charge in [0.05, 0.1) is 0 Å². The minimum Gasteiger partial charge on any atom is -0.396 e. The van der Waals surface area contributed by atoms with Crippen molar-refractivity contribution >= 4 is 0 Å². The van der Waals surface area contributed by atoms with Crippen molar-refractivity contribution in [2.45, 2.75) is 19.4 Å². The molecule has 1 aromatic carbocycles. The van der Waals surface area contributed by atoms with E-state index in [1.54, 1.807) is 0 Å². The van der Waals surface area contributed by atoms with Gasteiger partial charge in [0.2, 0.25) is 0 Å². The van der Waals surface area contributed by atoms with Crippen LogP contribution >= 0.6 is 0 Å². The third kappa shape index (κ3) is 2.32. The van der Waals surface area contributed by atoms with E-state index in [0.717, 1.165) is 11.1 Å². The first-order chi connectivity index (χ1) is 5.74. The molecule has 0 bridgehead atoms. The second-order valence-corrected chi connectivity index (χ2v) is 3.01. The van der Waals surface area contributed by atoms with Gasteiger partial charge >= 0.3 is 0 Å². The molecule has 2 nitrogen and oxygen atoms in total. The Hall–Kier alpha value is -0.860. The summed E-state index contributed by atoms with van der Waals surface area (Å²) in [5.74, 6) is 0. The largest absolute Gasteiger partial charge is 0.396 e. The van der Waals surface area contributed by atoms with Gasteiger partial charge in [-0.1, -0.05) is 24.3 Å². The molecule has 0 spiro atoms. The first kappa shape index (κ1) is 9.23. The van der Waals surface area contributed by atoms with Crippen molar-refractivity contribution in [1.82, 2.24) is 0 Å². The van der Waals surface area contributed by atoms with Crippen molar-refractivity contribution in [3.05, 3.63) is 35.4 Å². The van der Waals surface area contributed by atoms with Crippen molar-refractivity contribution in [1.29, 1.82) is 0 Å². The highest BCUT2D eigenvalue weighted by atomic mass is 16.2. The molecule has 0 aliphatic rings. The van der Waals surface area contributed by atoms with Gasteiger partial charge in [0, 0.05) is 12.6 Å². The van der Waals surface area contributed by atoms with Crippen LogP contribution in [-0.2, 0) is 6.42 Å². The number of hydrogen-bond acceptors (Lipinski definition) is 2. The van der Waals surface area contributed by atoms with Crippen molar-refractivity contribution in [2.75, 3.05) is 6.61 Å². The van der Waals surface area contributed by atoms with Crippen LogP contribution in [0.15, 0.2) is 24.3 Å². The van der Waals surface area contributed by atoms with Crippen LogP contribution in [0, 0.1) is 0 Å². The minimum absolute atomic E-state index is 0.0728. The normalized spacial score (nSPS) is 12.9. The summed E-state index contributed by atoms with van der Waals surface area (Å²) in [4.78, 5) is 0. The van der Waals surface area contributed by atoms with Crippen molar-refractivity contribution in [3.63, 3.8) is 0 Å². The molecule has 0 aromatic heterocycles. The Labute approximate surface area is 73.0 Å². The van der Waals surface area contributed by atoms with Gasteiger partial charge in [0.25, 0.3) is 0 Å². The van der Waals surface area contributed by atoms with Crippen molar-refractivity contribution < 1.29 is 5.11 Å². The van der Waals surface area contributed by atoms with E-state index in [4.69, 9.17) is 10.8 Å². The van der Waals surface area contributed by atoms with E-state index >= 15 is 0 Å². The molecule has 0 fully saturated rings. The molecule has 0 saturated heterocycles. The molecule has 0 saturated carbocycles. The van der Waals surface area contributed by atoms with Crippen LogP contribution in [-0.4, -0.2) is 11.7 Å². The summed E-state index contributed by atoms with van der Waals surface area (Å²) < 4.78 is 0. The summed E-state index contributed by atoms with van der Waals surface area (Å²) in [6, 6.07) is 8.10. The Bertz CT molecular complexity index is 245. The van der Waals surface area contributed by atoms with Gasteiger partial charge in [-0.2, -0.15) is 0 Å². The fourth-order valence-corrected chi connectivity index (χ4v) is 1.16. The maximum atomic E-state index is 8.72. The van der Waals surface area contributed by atoms with Crippen LogP contribution in [0.5, 0.6) is 0 Å². The number of aliphatic hydroxyl groups excluding tert-OH is 1. The van der Waals surface area contributed by atoms with E-state index in [2.05, 4.69) is 0 Å². The van der Waals surface area contributed by atoms with Crippen LogP contribution < -0.4 is 5.73 Å². The monoisotopic (exact) mass is 165 g/mol. The zero-order valence-electron chi connectivity index (χ0n) is 7.33. The molecule has 1 rings (SSSR count). The van der Waals surface area contributed by atoms with Gasteiger partial charge in [0.1, 0.15) is 0 Å². The standard InChI is InChI=1S/C10H15NO/c1-8(11)10-4-2-3-9(7-10)5-6-12/h2-4,7-8,12H,5-6,11H2,1H3. The predicted octanol–water partition coefficient (Wildman–Crippen LogP) is 1.24. The van der Waals surface area contributed by atoms with Crippen LogP contribution in [0.4, 0.5) is 0 Å². The third-order valence-corrected chi connectivity index (χ3v) is 1.88. The van der Waals surface area contributed by atoms with Gasteiger partial charge in [-0.25, -0.2) is 0 Å². The molecule has 0 aliphatic carbocycles. The summed E-state index contributed by atoms with van der Waals surface area (Å²) in [6.45, 7) is 2.15. The molecule has 0 amide bonds. The Morgan fingerprint density at radius 2 is 2.25 bits per heavy atom. The molecule has 0 aliphatic heterocycles. The van der Waals surface area contributed by atoms with Gasteiger partial charge in [0.15, 0.2) is 0 Å². The van der Waals surface area contributed by atoms with E-state index in [1.807, 2.05) is 31.2 Å². The first-order valence-corrected chi connectivity index (χ1v) is 4.19. The highest BCUT2D eigenvalue weighted by molar-refractivity contribution is 5.25. The number of hydrogen-bond donors (Lipinski definition) is 2. The fraction of sp³-hybridized carbons (Fsp3) is 0.400. The average Bonchev–Trinajstić information content (AvgIpc) is 2.05. The second-order valence-electron chi connectivity index (χ2n) is 3.01. The van der Waals surface area contributed by atoms with Gasteiger partial charge in [-0.05, 0) is 24.5 Å². The van der Waals surface area contributed by atoms with Gasteiger partial charge in [-0.15, -0.1) is 0 Å². The number of benzene rings is 1. The lowest BCUT2D eigenvalue weighted by molar-refractivity contribution is 0.299. The Kier molecular flexibility index (Phi) is 3.26. The van der Waals surface area contributed by atoms with Crippen molar-refractivity contribution in [2.24, 2.45) is 5.73 Å². The quantitative estimate of drug-likeness (QED) is 0.708. The first-order valence-electron chi connectivity index (χ1n) is 4.19. The topological polar surface area (TPSA) is 46.2 Å². The molecule has 1 aromatic rings. The lowest BCUT2D eigenvalue weighted by atomic mass is 10.0. The number of rotatable bonds is 3. The van der Waals surface area contributed by atoms with E-state index in [1.165, 1.54) is 0 Å². The fourth-order valence-electron chi connectivity index (χ4n) is 1.16. The number of nitrogens with two attached hydrogens (primary N) is 1. The lowest BCUT2D eigenvalue weighted by Crippen LogP contribution is -2.05. The molecule has 66 valence electrons. The SMILES string of the molecule is CC(N)c1cccc(CCO)c1. The molecule has 0 heterocycles. The second kappa shape index (κ2) is 4.24. The van der Waals surface area contributed by atoms with Crippen LogP contribution in [0.2, 0.25) is 0 Å². The zero-order valence-corrected chi connectivity index (χ0v) is 7.33. The lowest BCUT2D eigenvalue weighted by Gasteiger charge is -2.06. The van der Waals surface area contributed by atoms with Gasteiger partial charge < -0.3 is 10.8 Å². The molecule has 3 N–H and O–H groups in total. The average molecular weight is 165 g/mol. The highest BCUT2D eigenvalue weighted by Crippen LogP contribution is 2.11.